The number of benzene rings is 1. The largest absolute Gasteiger partial charge is 0.458 e. The second-order valence-electron chi connectivity index (χ2n) is 8.54. The Kier molecular flexibility index (Phi) is 8.61. The molecule has 0 bridgehead atoms. The zero-order chi connectivity index (χ0) is 25.6. The molecule has 1 aromatic carbocycles. The van der Waals surface area contributed by atoms with Gasteiger partial charge in [0.25, 0.3) is 5.91 Å². The van der Waals surface area contributed by atoms with E-state index in [0.717, 1.165) is 36.1 Å². The minimum absolute atomic E-state index is 0. The van der Waals surface area contributed by atoms with Crippen molar-refractivity contribution in [1.29, 1.82) is 0 Å². The summed E-state index contributed by atoms with van der Waals surface area (Å²) < 4.78 is 5.34. The van der Waals surface area contributed by atoms with Crippen molar-refractivity contribution < 1.29 is 14.3 Å². The molecular weight excluding hydrogens is 504 g/mol. The molecule has 0 spiro atoms. The van der Waals surface area contributed by atoms with E-state index in [1.165, 1.54) is 0 Å². The van der Waals surface area contributed by atoms with Gasteiger partial charge in [-0.15, -0.1) is 12.4 Å². The van der Waals surface area contributed by atoms with E-state index >= 15 is 0 Å². The number of hydrogen-bond donors (Lipinski definition) is 3. The molecule has 38 heavy (non-hydrogen) atoms. The standard InChI is InChI=1S/C28H24N6O3.ClH/c29-34-27(35)22-14-26(33-24-11-13-30-16-23(22)24)20-8-5-18(6-9-20)3-4-19-7-10-21(32-15-19)17-37-28(36)25-2-1-12-31-25;/h5-11,13-16,25,31H,1-2,12,17,29H2,(H,34,35);1H/t25-;/m1./s1. The summed E-state index contributed by atoms with van der Waals surface area (Å²) in [6, 6.07) is 14.5. The summed E-state index contributed by atoms with van der Waals surface area (Å²) in [6.45, 7) is 0.987. The van der Waals surface area contributed by atoms with Gasteiger partial charge in [0.05, 0.1) is 22.5 Å². The first kappa shape index (κ1) is 26.7. The summed E-state index contributed by atoms with van der Waals surface area (Å²) in [4.78, 5) is 37.4. The van der Waals surface area contributed by atoms with Crippen LogP contribution in [-0.4, -0.2) is 39.4 Å². The van der Waals surface area contributed by atoms with E-state index in [1.807, 2.05) is 30.3 Å². The molecule has 1 aliphatic heterocycles. The lowest BCUT2D eigenvalue weighted by molar-refractivity contribution is -0.147. The Morgan fingerprint density at radius 1 is 1.08 bits per heavy atom. The summed E-state index contributed by atoms with van der Waals surface area (Å²) in [7, 11) is 0. The highest BCUT2D eigenvalue weighted by molar-refractivity contribution is 6.06. The molecular formula is C28H25ClN6O3. The first-order chi connectivity index (χ1) is 18.1. The highest BCUT2D eigenvalue weighted by Crippen LogP contribution is 2.24. The molecule has 9 nitrogen and oxygen atoms in total. The van der Waals surface area contributed by atoms with Crippen LogP contribution in [0.2, 0.25) is 0 Å². The monoisotopic (exact) mass is 528 g/mol. The van der Waals surface area contributed by atoms with Crippen LogP contribution in [0.4, 0.5) is 0 Å². The number of aromatic nitrogens is 3. The number of ether oxygens (including phenoxy) is 1. The van der Waals surface area contributed by atoms with Crippen molar-refractivity contribution in [3.8, 4) is 23.1 Å². The molecule has 1 atom stereocenters. The molecule has 4 N–H and O–H groups in total. The van der Waals surface area contributed by atoms with Crippen molar-refractivity contribution in [2.75, 3.05) is 6.54 Å². The highest BCUT2D eigenvalue weighted by atomic mass is 35.5. The molecule has 4 aromatic rings. The number of rotatable bonds is 5. The SMILES string of the molecule is Cl.NNC(=O)c1cc(-c2ccc(C#Cc3ccc(COC(=O)[C@H]4CCCN4)nc3)cc2)nc2ccncc12. The Morgan fingerprint density at radius 3 is 2.58 bits per heavy atom. The summed E-state index contributed by atoms with van der Waals surface area (Å²) >= 11 is 0. The highest BCUT2D eigenvalue weighted by Gasteiger charge is 2.23. The lowest BCUT2D eigenvalue weighted by Crippen LogP contribution is -2.32. The Morgan fingerprint density at radius 2 is 1.87 bits per heavy atom. The van der Waals surface area contributed by atoms with Gasteiger partial charge in [0.2, 0.25) is 0 Å². The molecule has 1 aliphatic rings. The zero-order valence-electron chi connectivity index (χ0n) is 20.3. The molecule has 1 amide bonds. The molecule has 10 heteroatoms. The van der Waals surface area contributed by atoms with Crippen molar-refractivity contribution in [1.82, 2.24) is 25.7 Å². The zero-order valence-corrected chi connectivity index (χ0v) is 21.1. The number of hydrogen-bond acceptors (Lipinski definition) is 8. The van der Waals surface area contributed by atoms with Gasteiger partial charge in [-0.05, 0) is 55.8 Å². The van der Waals surface area contributed by atoms with E-state index in [-0.39, 0.29) is 31.0 Å². The van der Waals surface area contributed by atoms with E-state index in [1.54, 1.807) is 36.8 Å². The van der Waals surface area contributed by atoms with Crippen LogP contribution in [0.25, 0.3) is 22.2 Å². The number of carbonyl (C=O) groups excluding carboxylic acids is 2. The maximum absolute atomic E-state index is 12.3. The number of halogens is 1. The van der Waals surface area contributed by atoms with Crippen LogP contribution in [0.5, 0.6) is 0 Å². The van der Waals surface area contributed by atoms with Gasteiger partial charge in [0, 0.05) is 40.7 Å². The first-order valence-corrected chi connectivity index (χ1v) is 11.8. The third kappa shape index (κ3) is 6.12. The lowest BCUT2D eigenvalue weighted by atomic mass is 10.0. The molecule has 3 aromatic heterocycles. The van der Waals surface area contributed by atoms with Gasteiger partial charge < -0.3 is 10.1 Å². The average Bonchev–Trinajstić information content (AvgIpc) is 3.50. The smallest absolute Gasteiger partial charge is 0.323 e. The van der Waals surface area contributed by atoms with Crippen LogP contribution in [0.1, 0.15) is 40.0 Å². The number of carbonyl (C=O) groups is 2. The number of pyridine rings is 3. The first-order valence-electron chi connectivity index (χ1n) is 11.8. The fourth-order valence-electron chi connectivity index (χ4n) is 4.07. The van der Waals surface area contributed by atoms with Crippen LogP contribution in [0, 0.1) is 11.8 Å². The third-order valence-corrected chi connectivity index (χ3v) is 6.05. The van der Waals surface area contributed by atoms with E-state index < -0.39 is 5.91 Å². The normalized spacial score (nSPS) is 14.2. The number of nitrogens with one attached hydrogen (secondary N) is 2. The quantitative estimate of drug-likeness (QED) is 0.118. The molecule has 0 radical (unpaired) electrons. The van der Waals surface area contributed by atoms with Gasteiger partial charge in [-0.2, -0.15) is 0 Å². The Labute approximate surface area is 225 Å². The van der Waals surface area contributed by atoms with Crippen LogP contribution in [-0.2, 0) is 16.1 Å². The number of fused-ring (bicyclic) bond motifs is 1. The number of nitrogens with zero attached hydrogens (tertiary/aromatic N) is 3. The van der Waals surface area contributed by atoms with E-state index in [0.29, 0.717) is 27.9 Å². The fourth-order valence-corrected chi connectivity index (χ4v) is 4.07. The van der Waals surface area contributed by atoms with Gasteiger partial charge in [0.1, 0.15) is 12.6 Å². The van der Waals surface area contributed by atoms with E-state index in [9.17, 15) is 9.59 Å². The van der Waals surface area contributed by atoms with Crippen molar-refractivity contribution in [3.05, 3.63) is 89.5 Å². The fraction of sp³-hybridized carbons (Fsp3) is 0.179. The lowest BCUT2D eigenvalue weighted by Gasteiger charge is -2.09. The summed E-state index contributed by atoms with van der Waals surface area (Å²) in [5, 5.41) is 3.75. The van der Waals surface area contributed by atoms with Crippen LogP contribution in [0.15, 0.2) is 67.1 Å². The molecule has 192 valence electrons. The topological polar surface area (TPSA) is 132 Å². The van der Waals surface area contributed by atoms with Crippen molar-refractivity contribution in [3.63, 3.8) is 0 Å². The van der Waals surface area contributed by atoms with Gasteiger partial charge in [-0.3, -0.25) is 25.0 Å². The maximum Gasteiger partial charge on any atom is 0.323 e. The van der Waals surface area contributed by atoms with Crippen LogP contribution < -0.4 is 16.6 Å². The Hall–Kier alpha value is -4.36. The number of hydrazine groups is 1. The second-order valence-corrected chi connectivity index (χ2v) is 8.54. The van der Waals surface area contributed by atoms with Crippen molar-refractivity contribution in [2.45, 2.75) is 25.5 Å². The molecule has 5 rings (SSSR count). The Balaban J connectivity index is 0.00000336. The molecule has 0 aliphatic carbocycles. The van der Waals surface area contributed by atoms with Crippen LogP contribution in [0.3, 0.4) is 0 Å². The maximum atomic E-state index is 12.3. The number of esters is 1. The molecule has 0 saturated carbocycles. The van der Waals surface area contributed by atoms with Gasteiger partial charge in [-0.25, -0.2) is 10.8 Å². The van der Waals surface area contributed by atoms with E-state index in [4.69, 9.17) is 10.6 Å². The predicted octanol–water partition coefficient (Wildman–Crippen LogP) is 2.91. The Bertz CT molecular complexity index is 1510. The van der Waals surface area contributed by atoms with Crippen molar-refractivity contribution in [2.24, 2.45) is 5.84 Å². The average molecular weight is 529 g/mol. The minimum Gasteiger partial charge on any atom is -0.458 e. The third-order valence-electron chi connectivity index (χ3n) is 6.05. The van der Waals surface area contributed by atoms with E-state index in [2.05, 4.69) is 37.5 Å². The number of amides is 1. The van der Waals surface area contributed by atoms with Crippen molar-refractivity contribution >= 4 is 35.2 Å². The number of nitrogens with two attached hydrogens (primary N) is 1. The molecule has 1 fully saturated rings. The summed E-state index contributed by atoms with van der Waals surface area (Å²) in [6.07, 6.45) is 6.68. The summed E-state index contributed by atoms with van der Waals surface area (Å²) in [5.41, 5.74) is 6.94. The molecule has 0 unspecified atom stereocenters. The summed E-state index contributed by atoms with van der Waals surface area (Å²) in [5.74, 6) is 10.9. The van der Waals surface area contributed by atoms with Crippen LogP contribution >= 0.6 is 12.4 Å². The number of nitrogen functional groups attached to an aromatic ring is 1. The molecule has 1 saturated heterocycles. The minimum atomic E-state index is -0.409. The van der Waals surface area contributed by atoms with Gasteiger partial charge in [0.15, 0.2) is 0 Å². The van der Waals surface area contributed by atoms with Gasteiger partial charge >= 0.3 is 5.97 Å². The second kappa shape index (κ2) is 12.3. The molecule has 4 heterocycles. The van der Waals surface area contributed by atoms with Gasteiger partial charge in [-0.1, -0.05) is 24.0 Å². The predicted molar refractivity (Wildman–Crippen MR) is 145 cm³/mol.